The van der Waals surface area contributed by atoms with Crippen molar-refractivity contribution in [2.75, 3.05) is 19.0 Å². The molecule has 0 unspecified atom stereocenters. The van der Waals surface area contributed by atoms with Crippen molar-refractivity contribution in [1.82, 2.24) is 0 Å². The third kappa shape index (κ3) is 3.24. The standard InChI is InChI=1S/C20H25NO4/c1-24-17-4-2-16(3-5-17)21-18(22)12-25-19(23)20-9-13-6-14(10-20)8-15(7-13)11-20/h2-5,13-15H,6-12H2,1H3,(H,21,22). The Bertz CT molecular complexity index is 631. The molecule has 0 heterocycles. The molecule has 25 heavy (non-hydrogen) atoms. The number of benzene rings is 1. The van der Waals surface area contributed by atoms with Gasteiger partial charge in [-0.2, -0.15) is 0 Å². The fourth-order valence-electron chi connectivity index (χ4n) is 5.52. The fourth-order valence-corrected chi connectivity index (χ4v) is 5.52. The normalized spacial score (nSPS) is 32.3. The molecule has 0 aromatic heterocycles. The van der Waals surface area contributed by atoms with Crippen molar-refractivity contribution >= 4 is 17.6 Å². The molecule has 134 valence electrons. The molecule has 4 aliphatic carbocycles. The Balaban J connectivity index is 1.31. The van der Waals surface area contributed by atoms with Gasteiger partial charge in [0.25, 0.3) is 5.91 Å². The van der Waals surface area contributed by atoms with E-state index in [-0.39, 0.29) is 23.9 Å². The van der Waals surface area contributed by atoms with Crippen LogP contribution in [0.3, 0.4) is 0 Å². The van der Waals surface area contributed by atoms with E-state index in [1.165, 1.54) is 19.3 Å². The number of hydrogen-bond donors (Lipinski definition) is 1. The summed E-state index contributed by atoms with van der Waals surface area (Å²) in [5.74, 6) is 2.33. The van der Waals surface area contributed by atoms with E-state index in [0.717, 1.165) is 25.0 Å². The molecule has 0 atom stereocenters. The quantitative estimate of drug-likeness (QED) is 0.832. The van der Waals surface area contributed by atoms with Gasteiger partial charge in [-0.25, -0.2) is 0 Å². The summed E-state index contributed by atoms with van der Waals surface area (Å²) in [5.41, 5.74) is 0.353. The van der Waals surface area contributed by atoms with E-state index < -0.39 is 0 Å². The van der Waals surface area contributed by atoms with Crippen LogP contribution in [0.2, 0.25) is 0 Å². The van der Waals surface area contributed by atoms with Crippen LogP contribution in [-0.2, 0) is 14.3 Å². The van der Waals surface area contributed by atoms with E-state index in [9.17, 15) is 9.59 Å². The Hall–Kier alpha value is -2.04. The zero-order chi connectivity index (χ0) is 17.4. The maximum absolute atomic E-state index is 12.7. The summed E-state index contributed by atoms with van der Waals surface area (Å²) < 4.78 is 10.5. The van der Waals surface area contributed by atoms with E-state index in [4.69, 9.17) is 9.47 Å². The lowest BCUT2D eigenvalue weighted by molar-refractivity contribution is -0.172. The lowest BCUT2D eigenvalue weighted by atomic mass is 9.49. The zero-order valence-electron chi connectivity index (χ0n) is 14.6. The molecule has 4 bridgehead atoms. The van der Waals surface area contributed by atoms with Crippen LogP contribution in [-0.4, -0.2) is 25.6 Å². The molecule has 1 amide bonds. The molecule has 1 aromatic rings. The van der Waals surface area contributed by atoms with Crippen molar-refractivity contribution < 1.29 is 19.1 Å². The summed E-state index contributed by atoms with van der Waals surface area (Å²) in [6.07, 6.45) is 6.72. The SMILES string of the molecule is COc1ccc(NC(=O)COC(=O)C23CC4CC(CC(C4)C2)C3)cc1. The van der Waals surface area contributed by atoms with Gasteiger partial charge in [-0.15, -0.1) is 0 Å². The highest BCUT2D eigenvalue weighted by Gasteiger charge is 2.55. The highest BCUT2D eigenvalue weighted by atomic mass is 16.5. The third-order valence-corrected chi connectivity index (χ3v) is 6.18. The summed E-state index contributed by atoms with van der Waals surface area (Å²) in [6, 6.07) is 7.07. The van der Waals surface area contributed by atoms with Crippen molar-refractivity contribution in [1.29, 1.82) is 0 Å². The average molecular weight is 343 g/mol. The van der Waals surface area contributed by atoms with Crippen molar-refractivity contribution in [2.24, 2.45) is 23.2 Å². The van der Waals surface area contributed by atoms with Gasteiger partial charge in [-0.3, -0.25) is 9.59 Å². The monoisotopic (exact) mass is 343 g/mol. The number of rotatable bonds is 5. The first-order valence-electron chi connectivity index (χ1n) is 9.17. The first-order chi connectivity index (χ1) is 12.1. The van der Waals surface area contributed by atoms with Gasteiger partial charge in [-0.1, -0.05) is 0 Å². The van der Waals surface area contributed by atoms with E-state index in [0.29, 0.717) is 23.4 Å². The largest absolute Gasteiger partial charge is 0.497 e. The van der Waals surface area contributed by atoms with Crippen LogP contribution in [0.25, 0.3) is 0 Å². The van der Waals surface area contributed by atoms with Crippen LogP contribution in [0.15, 0.2) is 24.3 Å². The van der Waals surface area contributed by atoms with Crippen LogP contribution in [0.4, 0.5) is 5.69 Å². The number of carbonyl (C=O) groups is 2. The summed E-state index contributed by atoms with van der Waals surface area (Å²) in [5, 5.41) is 2.75. The van der Waals surface area contributed by atoms with Crippen LogP contribution >= 0.6 is 0 Å². The second-order valence-corrected chi connectivity index (χ2v) is 8.05. The molecule has 4 fully saturated rings. The van der Waals surface area contributed by atoms with Gasteiger partial charge in [0.1, 0.15) is 5.75 Å². The van der Waals surface area contributed by atoms with E-state index >= 15 is 0 Å². The minimum absolute atomic E-state index is 0.156. The number of ether oxygens (including phenoxy) is 2. The smallest absolute Gasteiger partial charge is 0.312 e. The number of amides is 1. The van der Waals surface area contributed by atoms with Crippen LogP contribution in [0.5, 0.6) is 5.75 Å². The molecule has 1 aromatic carbocycles. The molecule has 0 aliphatic heterocycles. The van der Waals surface area contributed by atoms with Crippen LogP contribution in [0, 0.1) is 23.2 Å². The molecule has 5 nitrogen and oxygen atoms in total. The molecule has 4 saturated carbocycles. The second-order valence-electron chi connectivity index (χ2n) is 8.05. The van der Waals surface area contributed by atoms with Crippen LogP contribution in [0.1, 0.15) is 38.5 Å². The molecule has 0 radical (unpaired) electrons. The molecule has 1 N–H and O–H groups in total. The van der Waals surface area contributed by atoms with Crippen molar-refractivity contribution in [3.05, 3.63) is 24.3 Å². The zero-order valence-corrected chi connectivity index (χ0v) is 14.6. The Kier molecular flexibility index (Phi) is 4.18. The van der Waals surface area contributed by atoms with Crippen molar-refractivity contribution in [3.8, 4) is 5.75 Å². The number of methoxy groups -OCH3 is 1. The van der Waals surface area contributed by atoms with E-state index in [1.807, 2.05) is 0 Å². The van der Waals surface area contributed by atoms with Gasteiger partial charge in [0.15, 0.2) is 6.61 Å². The third-order valence-electron chi connectivity index (χ3n) is 6.18. The van der Waals surface area contributed by atoms with Crippen LogP contribution < -0.4 is 10.1 Å². The Labute approximate surface area is 148 Å². The number of carbonyl (C=O) groups excluding carboxylic acids is 2. The molecule has 0 spiro atoms. The second kappa shape index (κ2) is 6.36. The van der Waals surface area contributed by atoms with Gasteiger partial charge < -0.3 is 14.8 Å². The van der Waals surface area contributed by atoms with E-state index in [2.05, 4.69) is 5.32 Å². The number of anilines is 1. The summed E-state index contributed by atoms with van der Waals surface area (Å²) in [6.45, 7) is -0.216. The molecule has 5 rings (SSSR count). The predicted molar refractivity (Wildman–Crippen MR) is 93.2 cm³/mol. The topological polar surface area (TPSA) is 64.6 Å². The van der Waals surface area contributed by atoms with Gasteiger partial charge in [-0.05, 0) is 80.5 Å². The Morgan fingerprint density at radius 1 is 1.04 bits per heavy atom. The molecule has 4 aliphatic rings. The Morgan fingerprint density at radius 3 is 2.12 bits per heavy atom. The first-order valence-corrected chi connectivity index (χ1v) is 9.17. The summed E-state index contributed by atoms with van der Waals surface area (Å²) in [4.78, 5) is 24.8. The highest BCUT2D eigenvalue weighted by molar-refractivity contribution is 5.93. The summed E-state index contributed by atoms with van der Waals surface area (Å²) >= 11 is 0. The fraction of sp³-hybridized carbons (Fsp3) is 0.600. The predicted octanol–water partition coefficient (Wildman–Crippen LogP) is 3.39. The average Bonchev–Trinajstić information content (AvgIpc) is 2.59. The number of hydrogen-bond acceptors (Lipinski definition) is 4. The maximum atomic E-state index is 12.7. The first kappa shape index (κ1) is 16.4. The maximum Gasteiger partial charge on any atom is 0.312 e. The van der Waals surface area contributed by atoms with Gasteiger partial charge in [0.05, 0.1) is 12.5 Å². The highest BCUT2D eigenvalue weighted by Crippen LogP contribution is 2.60. The van der Waals surface area contributed by atoms with Crippen molar-refractivity contribution in [3.63, 3.8) is 0 Å². The minimum atomic E-state index is -0.310. The molecular weight excluding hydrogens is 318 g/mol. The Morgan fingerprint density at radius 2 is 1.60 bits per heavy atom. The molecule has 5 heteroatoms. The number of nitrogens with one attached hydrogen (secondary N) is 1. The number of esters is 1. The van der Waals surface area contributed by atoms with Gasteiger partial charge in [0.2, 0.25) is 0 Å². The lowest BCUT2D eigenvalue weighted by Gasteiger charge is -2.55. The van der Waals surface area contributed by atoms with Crippen molar-refractivity contribution in [2.45, 2.75) is 38.5 Å². The van der Waals surface area contributed by atoms with Gasteiger partial charge >= 0.3 is 5.97 Å². The van der Waals surface area contributed by atoms with E-state index in [1.54, 1.807) is 31.4 Å². The minimum Gasteiger partial charge on any atom is -0.497 e. The molecular formula is C20H25NO4. The van der Waals surface area contributed by atoms with Gasteiger partial charge in [0, 0.05) is 5.69 Å². The molecule has 0 saturated heterocycles. The lowest BCUT2D eigenvalue weighted by Crippen LogP contribution is -2.50. The summed E-state index contributed by atoms with van der Waals surface area (Å²) in [7, 11) is 1.59.